The molecule has 2 saturated heterocycles. The summed E-state index contributed by atoms with van der Waals surface area (Å²) in [7, 11) is 0. The van der Waals surface area contributed by atoms with Crippen LogP contribution in [0.2, 0.25) is 0 Å². The molecule has 0 N–H and O–H groups in total. The zero-order valence-corrected chi connectivity index (χ0v) is 15.6. The molecule has 3 fully saturated rings. The molecule has 3 aliphatic rings. The summed E-state index contributed by atoms with van der Waals surface area (Å²) in [6.45, 7) is 7.18. The zero-order valence-electron chi connectivity index (χ0n) is 15.6. The van der Waals surface area contributed by atoms with Crippen molar-refractivity contribution >= 4 is 11.8 Å². The van der Waals surface area contributed by atoms with Gasteiger partial charge in [0.15, 0.2) is 0 Å². The predicted molar refractivity (Wildman–Crippen MR) is 95.5 cm³/mol. The Morgan fingerprint density at radius 1 is 1.12 bits per heavy atom. The molecule has 3 rings (SSSR count). The highest BCUT2D eigenvalue weighted by Crippen LogP contribution is 2.40. The maximum atomic E-state index is 13.1. The van der Waals surface area contributed by atoms with Crippen molar-refractivity contribution in [2.24, 2.45) is 17.3 Å². The maximum Gasteiger partial charge on any atom is 0.230 e. The van der Waals surface area contributed by atoms with E-state index in [1.807, 2.05) is 18.7 Å². The van der Waals surface area contributed by atoms with Gasteiger partial charge in [0.05, 0.1) is 5.41 Å². The minimum Gasteiger partial charge on any atom is -0.342 e. The van der Waals surface area contributed by atoms with Crippen molar-refractivity contribution in [2.75, 3.05) is 26.2 Å². The largest absolute Gasteiger partial charge is 0.342 e. The molecule has 0 unspecified atom stereocenters. The van der Waals surface area contributed by atoms with Crippen LogP contribution in [0.3, 0.4) is 0 Å². The second-order valence-corrected chi connectivity index (χ2v) is 8.63. The molecule has 24 heavy (non-hydrogen) atoms. The fraction of sp³-hybridized carbons (Fsp3) is 0.900. The monoisotopic (exact) mass is 334 g/mol. The number of hydrogen-bond donors (Lipinski definition) is 0. The lowest BCUT2D eigenvalue weighted by Crippen LogP contribution is -2.51. The van der Waals surface area contributed by atoms with Gasteiger partial charge in [-0.3, -0.25) is 9.59 Å². The number of amides is 2. The van der Waals surface area contributed by atoms with Gasteiger partial charge >= 0.3 is 0 Å². The zero-order chi connectivity index (χ0) is 17.2. The highest BCUT2D eigenvalue weighted by Gasteiger charge is 2.49. The van der Waals surface area contributed by atoms with Crippen LogP contribution in [0.4, 0.5) is 0 Å². The Morgan fingerprint density at radius 3 is 2.58 bits per heavy atom. The average molecular weight is 335 g/mol. The van der Waals surface area contributed by atoms with E-state index < -0.39 is 0 Å². The number of hydrogen-bond acceptors (Lipinski definition) is 2. The van der Waals surface area contributed by atoms with Gasteiger partial charge in [0.25, 0.3) is 0 Å². The van der Waals surface area contributed by atoms with Crippen molar-refractivity contribution in [1.82, 2.24) is 9.80 Å². The average Bonchev–Trinajstić information content (AvgIpc) is 3.01. The summed E-state index contributed by atoms with van der Waals surface area (Å²) in [4.78, 5) is 29.5. The Labute approximate surface area is 146 Å². The number of nitrogens with zero attached hydrogens (tertiary/aromatic N) is 2. The first-order valence-corrected chi connectivity index (χ1v) is 10.1. The molecule has 2 aliphatic heterocycles. The molecular formula is C20H34N2O2. The van der Waals surface area contributed by atoms with Gasteiger partial charge in [-0.15, -0.1) is 0 Å². The molecule has 1 atom stereocenters. The van der Waals surface area contributed by atoms with Crippen LogP contribution in [0.5, 0.6) is 0 Å². The smallest absolute Gasteiger partial charge is 0.230 e. The van der Waals surface area contributed by atoms with E-state index in [0.717, 1.165) is 44.8 Å². The molecule has 2 heterocycles. The number of carbonyl (C=O) groups is 2. The topological polar surface area (TPSA) is 40.6 Å². The standard InChI is InChI=1S/C20H34N2O2/c1-16(2)18(23)22-14-11-20(15-22)10-6-12-21(19(20)24)13-9-17-7-4-3-5-8-17/h16-17H,3-15H2,1-2H3/t20-/m0/s1. The van der Waals surface area contributed by atoms with Gasteiger partial charge in [-0.1, -0.05) is 46.0 Å². The van der Waals surface area contributed by atoms with E-state index in [2.05, 4.69) is 4.90 Å². The minimum atomic E-state index is -0.268. The molecule has 1 aliphatic carbocycles. The fourth-order valence-electron chi connectivity index (χ4n) is 4.98. The van der Waals surface area contributed by atoms with Gasteiger partial charge in [-0.05, 0) is 31.6 Å². The highest BCUT2D eigenvalue weighted by atomic mass is 16.2. The van der Waals surface area contributed by atoms with Gasteiger partial charge < -0.3 is 9.80 Å². The third kappa shape index (κ3) is 3.62. The summed E-state index contributed by atoms with van der Waals surface area (Å²) in [5, 5.41) is 0. The van der Waals surface area contributed by atoms with Crippen molar-refractivity contribution in [3.05, 3.63) is 0 Å². The minimum absolute atomic E-state index is 0.0289. The van der Waals surface area contributed by atoms with Gasteiger partial charge in [-0.25, -0.2) is 0 Å². The van der Waals surface area contributed by atoms with Crippen LogP contribution >= 0.6 is 0 Å². The number of piperidine rings is 1. The molecule has 4 heteroatoms. The lowest BCUT2D eigenvalue weighted by molar-refractivity contribution is -0.146. The summed E-state index contributed by atoms with van der Waals surface area (Å²) in [5.41, 5.74) is -0.268. The lowest BCUT2D eigenvalue weighted by atomic mass is 9.78. The fourth-order valence-corrected chi connectivity index (χ4v) is 4.98. The van der Waals surface area contributed by atoms with E-state index >= 15 is 0 Å². The molecule has 0 aromatic rings. The molecule has 4 nitrogen and oxygen atoms in total. The summed E-state index contributed by atoms with van der Waals surface area (Å²) >= 11 is 0. The molecule has 0 radical (unpaired) electrons. The maximum absolute atomic E-state index is 13.1. The van der Waals surface area contributed by atoms with Crippen LogP contribution < -0.4 is 0 Å². The second-order valence-electron chi connectivity index (χ2n) is 8.63. The Kier molecular flexibility index (Phi) is 5.51. The van der Waals surface area contributed by atoms with Crippen LogP contribution in [0.25, 0.3) is 0 Å². The third-order valence-electron chi connectivity index (χ3n) is 6.52. The molecule has 1 saturated carbocycles. The van der Waals surface area contributed by atoms with E-state index in [-0.39, 0.29) is 17.2 Å². The molecule has 2 amide bonds. The Bertz CT molecular complexity index is 470. The third-order valence-corrected chi connectivity index (χ3v) is 6.52. The molecule has 1 spiro atoms. The Balaban J connectivity index is 1.57. The van der Waals surface area contributed by atoms with Gasteiger partial charge in [-0.2, -0.15) is 0 Å². The van der Waals surface area contributed by atoms with Gasteiger partial charge in [0, 0.05) is 32.1 Å². The van der Waals surface area contributed by atoms with Crippen molar-refractivity contribution in [3.8, 4) is 0 Å². The molecular weight excluding hydrogens is 300 g/mol. The summed E-state index contributed by atoms with van der Waals surface area (Å²) in [5.74, 6) is 1.40. The molecule has 0 aromatic carbocycles. The highest BCUT2D eigenvalue weighted by molar-refractivity contribution is 5.86. The van der Waals surface area contributed by atoms with Crippen molar-refractivity contribution in [1.29, 1.82) is 0 Å². The first-order chi connectivity index (χ1) is 11.5. The van der Waals surface area contributed by atoms with Gasteiger partial charge in [0.1, 0.15) is 0 Å². The van der Waals surface area contributed by atoms with E-state index in [1.165, 1.54) is 38.5 Å². The van der Waals surface area contributed by atoms with Crippen LogP contribution in [0.1, 0.15) is 71.6 Å². The summed E-state index contributed by atoms with van der Waals surface area (Å²) in [6.07, 6.45) is 10.9. The molecule has 136 valence electrons. The van der Waals surface area contributed by atoms with Crippen molar-refractivity contribution < 1.29 is 9.59 Å². The van der Waals surface area contributed by atoms with E-state index in [0.29, 0.717) is 12.5 Å². The SMILES string of the molecule is CC(C)C(=O)N1CC[C@@]2(CCCN(CCC3CCCCC3)C2=O)C1. The van der Waals surface area contributed by atoms with Crippen LogP contribution in [0.15, 0.2) is 0 Å². The number of carbonyl (C=O) groups excluding carboxylic acids is 2. The summed E-state index contributed by atoms with van der Waals surface area (Å²) < 4.78 is 0. The lowest BCUT2D eigenvalue weighted by Gasteiger charge is -2.40. The number of rotatable bonds is 4. The Morgan fingerprint density at radius 2 is 1.88 bits per heavy atom. The van der Waals surface area contributed by atoms with Gasteiger partial charge in [0.2, 0.25) is 11.8 Å². The second kappa shape index (κ2) is 7.45. The van der Waals surface area contributed by atoms with Crippen molar-refractivity contribution in [2.45, 2.75) is 71.6 Å². The number of likely N-dealkylation sites (tertiary alicyclic amines) is 2. The van der Waals surface area contributed by atoms with Crippen molar-refractivity contribution in [3.63, 3.8) is 0 Å². The first kappa shape index (κ1) is 17.8. The van der Waals surface area contributed by atoms with Crippen LogP contribution in [-0.2, 0) is 9.59 Å². The quantitative estimate of drug-likeness (QED) is 0.790. The predicted octanol–water partition coefficient (Wildman–Crippen LogP) is 3.45. The molecule has 0 aromatic heterocycles. The van der Waals surface area contributed by atoms with Crippen LogP contribution in [0, 0.1) is 17.3 Å². The normalized spacial score (nSPS) is 29.0. The molecule has 0 bridgehead atoms. The van der Waals surface area contributed by atoms with E-state index in [9.17, 15) is 9.59 Å². The first-order valence-electron chi connectivity index (χ1n) is 10.1. The van der Waals surface area contributed by atoms with E-state index in [1.54, 1.807) is 0 Å². The van der Waals surface area contributed by atoms with E-state index in [4.69, 9.17) is 0 Å². The van der Waals surface area contributed by atoms with Crippen LogP contribution in [-0.4, -0.2) is 47.8 Å². The Hall–Kier alpha value is -1.06. The summed E-state index contributed by atoms with van der Waals surface area (Å²) in [6, 6.07) is 0.